The Morgan fingerprint density at radius 1 is 1.00 bits per heavy atom. The first-order valence-corrected chi connectivity index (χ1v) is 9.03. The van der Waals surface area contributed by atoms with Crippen LogP contribution in [0.4, 0.5) is 0 Å². The summed E-state index contributed by atoms with van der Waals surface area (Å²) in [6.45, 7) is 0.395. The van der Waals surface area contributed by atoms with Gasteiger partial charge >= 0.3 is 0 Å². The second-order valence-corrected chi connectivity index (χ2v) is 6.66. The summed E-state index contributed by atoms with van der Waals surface area (Å²) in [5.74, 6) is 1.24. The molecule has 0 amide bonds. The molecule has 0 aliphatic rings. The Balaban J connectivity index is 1.75. The Hall–Kier alpha value is -3.25. The summed E-state index contributed by atoms with van der Waals surface area (Å²) in [6.07, 6.45) is 3.47. The minimum atomic E-state index is -0.137. The van der Waals surface area contributed by atoms with Crippen LogP contribution in [0, 0.1) is 0 Å². The van der Waals surface area contributed by atoms with E-state index in [0.29, 0.717) is 34.3 Å². The van der Waals surface area contributed by atoms with Gasteiger partial charge in [-0.25, -0.2) is 4.52 Å². The van der Waals surface area contributed by atoms with Crippen LogP contribution in [0.3, 0.4) is 0 Å². The van der Waals surface area contributed by atoms with Gasteiger partial charge in [-0.2, -0.15) is 5.10 Å². The summed E-state index contributed by atoms with van der Waals surface area (Å²) < 4.78 is 13.8. The number of halogens is 1. The molecule has 4 aromatic rings. The number of aromatic nitrogens is 3. The van der Waals surface area contributed by atoms with Gasteiger partial charge in [-0.15, -0.1) is 0 Å². The molecule has 2 aromatic carbocycles. The van der Waals surface area contributed by atoms with Gasteiger partial charge in [0.15, 0.2) is 11.5 Å². The molecule has 0 saturated heterocycles. The molecule has 0 N–H and O–H groups in total. The highest BCUT2D eigenvalue weighted by atomic mass is 35.5. The molecule has 0 fully saturated rings. The van der Waals surface area contributed by atoms with Gasteiger partial charge in [0.25, 0.3) is 5.56 Å². The van der Waals surface area contributed by atoms with Crippen molar-refractivity contribution >= 4 is 17.1 Å². The highest BCUT2D eigenvalue weighted by molar-refractivity contribution is 6.31. The molecule has 0 radical (unpaired) electrons. The topological polar surface area (TPSA) is 57.8 Å². The summed E-state index contributed by atoms with van der Waals surface area (Å²) in [5, 5.41) is 5.15. The molecule has 28 heavy (non-hydrogen) atoms. The zero-order valence-corrected chi connectivity index (χ0v) is 16.2. The van der Waals surface area contributed by atoms with E-state index in [1.807, 2.05) is 42.5 Å². The Morgan fingerprint density at radius 3 is 2.54 bits per heavy atom. The van der Waals surface area contributed by atoms with Crippen molar-refractivity contribution in [3.05, 3.63) is 81.9 Å². The molecule has 0 spiro atoms. The maximum absolute atomic E-state index is 12.9. The third-order valence-corrected chi connectivity index (χ3v) is 4.95. The van der Waals surface area contributed by atoms with Crippen LogP contribution in [0.25, 0.3) is 16.8 Å². The lowest BCUT2D eigenvalue weighted by atomic mass is 10.1. The lowest BCUT2D eigenvalue weighted by Gasteiger charge is -2.08. The van der Waals surface area contributed by atoms with Crippen molar-refractivity contribution in [2.24, 2.45) is 0 Å². The first-order chi connectivity index (χ1) is 13.6. The predicted octanol–water partition coefficient (Wildman–Crippen LogP) is 3.88. The minimum Gasteiger partial charge on any atom is -0.493 e. The van der Waals surface area contributed by atoms with Crippen LogP contribution in [0.1, 0.15) is 5.56 Å². The average Bonchev–Trinajstić information content (AvgIpc) is 3.16. The second kappa shape index (κ2) is 7.40. The minimum absolute atomic E-state index is 0.137. The first-order valence-electron chi connectivity index (χ1n) is 8.65. The van der Waals surface area contributed by atoms with Crippen LogP contribution in [0.5, 0.6) is 11.5 Å². The van der Waals surface area contributed by atoms with E-state index >= 15 is 0 Å². The van der Waals surface area contributed by atoms with Gasteiger partial charge in [0, 0.05) is 23.0 Å². The van der Waals surface area contributed by atoms with E-state index in [9.17, 15) is 4.79 Å². The Labute approximate surface area is 166 Å². The van der Waals surface area contributed by atoms with Gasteiger partial charge in [-0.05, 0) is 35.9 Å². The van der Waals surface area contributed by atoms with E-state index in [4.69, 9.17) is 21.1 Å². The number of hydrogen-bond acceptors (Lipinski definition) is 4. The molecule has 0 unspecified atom stereocenters. The van der Waals surface area contributed by atoms with Crippen molar-refractivity contribution in [3.63, 3.8) is 0 Å². The molecule has 2 heterocycles. The van der Waals surface area contributed by atoms with Crippen molar-refractivity contribution < 1.29 is 9.47 Å². The molecule has 0 saturated carbocycles. The van der Waals surface area contributed by atoms with Crippen molar-refractivity contribution in [3.8, 4) is 22.8 Å². The summed E-state index contributed by atoms with van der Waals surface area (Å²) >= 11 is 6.23. The largest absolute Gasteiger partial charge is 0.493 e. The Bertz CT molecular complexity index is 1210. The normalized spacial score (nSPS) is 11.0. The van der Waals surface area contributed by atoms with Crippen LogP contribution >= 0.6 is 11.6 Å². The molecule has 7 heteroatoms. The number of fused-ring (bicyclic) bond motifs is 1. The quantitative estimate of drug-likeness (QED) is 0.514. The average molecular weight is 396 g/mol. The van der Waals surface area contributed by atoms with Crippen LogP contribution < -0.4 is 15.0 Å². The maximum Gasteiger partial charge on any atom is 0.276 e. The number of nitrogens with zero attached hydrogens (tertiary/aromatic N) is 3. The molecular formula is C21H18ClN3O3. The first kappa shape index (κ1) is 18.1. The van der Waals surface area contributed by atoms with Crippen LogP contribution in [-0.4, -0.2) is 28.4 Å². The molecule has 142 valence electrons. The lowest BCUT2D eigenvalue weighted by molar-refractivity contribution is 0.355. The highest BCUT2D eigenvalue weighted by Crippen LogP contribution is 2.31. The molecule has 0 atom stereocenters. The molecule has 0 aliphatic heterocycles. The van der Waals surface area contributed by atoms with Gasteiger partial charge in [-0.1, -0.05) is 29.8 Å². The predicted molar refractivity (Wildman–Crippen MR) is 109 cm³/mol. The van der Waals surface area contributed by atoms with Crippen molar-refractivity contribution in [1.82, 2.24) is 14.2 Å². The fourth-order valence-corrected chi connectivity index (χ4v) is 3.29. The van der Waals surface area contributed by atoms with Crippen LogP contribution in [-0.2, 0) is 6.54 Å². The van der Waals surface area contributed by atoms with Crippen molar-refractivity contribution in [2.75, 3.05) is 14.2 Å². The monoisotopic (exact) mass is 395 g/mol. The zero-order valence-electron chi connectivity index (χ0n) is 15.4. The number of ether oxygens (including phenoxy) is 2. The van der Waals surface area contributed by atoms with E-state index in [1.165, 1.54) is 0 Å². The van der Waals surface area contributed by atoms with Gasteiger partial charge in [0.2, 0.25) is 0 Å². The fraction of sp³-hybridized carbons (Fsp3) is 0.143. The highest BCUT2D eigenvalue weighted by Gasteiger charge is 2.12. The van der Waals surface area contributed by atoms with E-state index in [-0.39, 0.29) is 5.56 Å². The van der Waals surface area contributed by atoms with Gasteiger partial charge in [0.05, 0.1) is 26.5 Å². The standard InChI is InChI=1S/C21H18ClN3O3/c1-27-19-8-7-14(11-20(19)28-2)17-12-18-21(26)24(9-10-25(18)23-17)13-15-5-3-4-6-16(15)22/h3-12H,13H2,1-2H3. The number of hydrogen-bond donors (Lipinski definition) is 0. The van der Waals surface area contributed by atoms with E-state index in [0.717, 1.165) is 11.1 Å². The summed E-state index contributed by atoms with van der Waals surface area (Å²) in [4.78, 5) is 12.9. The molecule has 0 aliphatic carbocycles. The number of rotatable bonds is 5. The second-order valence-electron chi connectivity index (χ2n) is 6.25. The van der Waals surface area contributed by atoms with Crippen LogP contribution in [0.15, 0.2) is 65.7 Å². The van der Waals surface area contributed by atoms with Crippen molar-refractivity contribution in [2.45, 2.75) is 6.54 Å². The van der Waals surface area contributed by atoms with E-state index in [2.05, 4.69) is 5.10 Å². The Morgan fingerprint density at radius 2 is 1.79 bits per heavy atom. The zero-order chi connectivity index (χ0) is 19.7. The van der Waals surface area contributed by atoms with E-state index in [1.54, 1.807) is 41.8 Å². The van der Waals surface area contributed by atoms with Crippen LogP contribution in [0.2, 0.25) is 5.02 Å². The van der Waals surface area contributed by atoms with Gasteiger partial charge < -0.3 is 14.0 Å². The molecule has 4 rings (SSSR count). The summed E-state index contributed by atoms with van der Waals surface area (Å²) in [5.41, 5.74) is 2.74. The van der Waals surface area contributed by atoms with Gasteiger partial charge in [0.1, 0.15) is 5.52 Å². The summed E-state index contributed by atoms with van der Waals surface area (Å²) in [7, 11) is 3.17. The number of benzene rings is 2. The third-order valence-electron chi connectivity index (χ3n) is 4.58. The Kier molecular flexibility index (Phi) is 4.79. The fourth-order valence-electron chi connectivity index (χ4n) is 3.10. The molecule has 0 bridgehead atoms. The molecule has 2 aromatic heterocycles. The SMILES string of the molecule is COc1ccc(-c2cc3c(=O)n(Cc4ccccc4Cl)ccn3n2)cc1OC. The summed E-state index contributed by atoms with van der Waals surface area (Å²) in [6, 6.07) is 14.8. The lowest BCUT2D eigenvalue weighted by Crippen LogP contribution is -2.21. The molecule has 6 nitrogen and oxygen atoms in total. The third kappa shape index (κ3) is 3.23. The number of methoxy groups -OCH3 is 2. The van der Waals surface area contributed by atoms with E-state index < -0.39 is 0 Å². The van der Waals surface area contributed by atoms with Gasteiger partial charge in [-0.3, -0.25) is 4.79 Å². The van der Waals surface area contributed by atoms with Crippen molar-refractivity contribution in [1.29, 1.82) is 0 Å². The maximum atomic E-state index is 12.9. The smallest absolute Gasteiger partial charge is 0.276 e. The molecular weight excluding hydrogens is 378 g/mol.